The Balaban J connectivity index is 1.94. The summed E-state index contributed by atoms with van der Waals surface area (Å²) in [6, 6.07) is 12.9. The van der Waals surface area contributed by atoms with Crippen LogP contribution in [0.2, 0.25) is 0 Å². The molecule has 2 N–H and O–H groups in total. The number of nitrogens with one attached hydrogen (secondary N) is 1. The van der Waals surface area contributed by atoms with E-state index in [4.69, 9.17) is 9.26 Å². The van der Waals surface area contributed by atoms with E-state index in [1.807, 2.05) is 6.92 Å². The fourth-order valence-corrected chi connectivity index (χ4v) is 5.73. The second-order valence-electron chi connectivity index (χ2n) is 7.07. The fraction of sp³-hybridized carbons (Fsp3) is 0.273. The van der Waals surface area contributed by atoms with Crippen molar-refractivity contribution in [2.45, 2.75) is 32.2 Å². The summed E-state index contributed by atoms with van der Waals surface area (Å²) < 4.78 is 40.7. The molecule has 2 aromatic carbocycles. The van der Waals surface area contributed by atoms with E-state index in [-0.39, 0.29) is 22.8 Å². The number of fused-ring (bicyclic) bond motifs is 1. The zero-order valence-electron chi connectivity index (χ0n) is 17.5. The molecule has 0 saturated heterocycles. The summed E-state index contributed by atoms with van der Waals surface area (Å²) in [5.41, 5.74) is 0.0353. The molecule has 0 bridgehead atoms. The van der Waals surface area contributed by atoms with Gasteiger partial charge in [0.05, 0.1) is 6.61 Å². The maximum absolute atomic E-state index is 15.7. The smallest absolute Gasteiger partial charge is 0.355 e. The van der Waals surface area contributed by atoms with Crippen molar-refractivity contribution in [2.24, 2.45) is 0 Å². The molecule has 0 amide bonds. The van der Waals surface area contributed by atoms with Gasteiger partial charge in [-0.2, -0.15) is 0 Å². The molecule has 0 aliphatic heterocycles. The Labute approximate surface area is 188 Å². The molecule has 0 saturated carbocycles. The van der Waals surface area contributed by atoms with Crippen LogP contribution in [0.3, 0.4) is 0 Å². The molecule has 0 aliphatic carbocycles. The molecule has 32 heavy (non-hydrogen) atoms. The molecule has 3 aromatic rings. The lowest BCUT2D eigenvalue weighted by Crippen LogP contribution is -2.35. The highest BCUT2D eigenvalue weighted by Crippen LogP contribution is 2.58. The van der Waals surface area contributed by atoms with Crippen molar-refractivity contribution >= 4 is 40.9 Å². The monoisotopic (exact) mass is 479 g/mol. The molecule has 0 spiro atoms. The summed E-state index contributed by atoms with van der Waals surface area (Å²) in [5.74, 6) is -3.70. The number of ether oxygens (including phenoxy) is 1. The van der Waals surface area contributed by atoms with Crippen LogP contribution in [0.4, 0.5) is 4.39 Å². The Bertz CT molecular complexity index is 1150. The van der Waals surface area contributed by atoms with Gasteiger partial charge in [0, 0.05) is 4.70 Å². The number of para-hydroxylation sites is 1. The number of carbonyl (C=O) groups is 2. The normalized spacial score (nSPS) is 15.0. The average molecular weight is 479 g/mol. The van der Waals surface area contributed by atoms with Crippen molar-refractivity contribution in [2.75, 3.05) is 6.61 Å². The minimum absolute atomic E-state index is 0.0353. The van der Waals surface area contributed by atoms with E-state index in [2.05, 4.69) is 5.09 Å². The first-order chi connectivity index (χ1) is 15.2. The summed E-state index contributed by atoms with van der Waals surface area (Å²) in [6.07, 6.45) is 0.612. The number of alkyl halides is 1. The third-order valence-electron chi connectivity index (χ3n) is 4.48. The van der Waals surface area contributed by atoms with Crippen molar-refractivity contribution < 1.29 is 32.9 Å². The summed E-state index contributed by atoms with van der Waals surface area (Å²) in [7, 11) is -4.32. The molecule has 0 unspecified atom stereocenters. The lowest BCUT2D eigenvalue weighted by atomic mass is 10.2. The van der Waals surface area contributed by atoms with Crippen molar-refractivity contribution in [3.63, 3.8) is 0 Å². The highest BCUT2D eigenvalue weighted by molar-refractivity contribution is 7.57. The molecular weight excluding hydrogens is 456 g/mol. The number of hydrogen-bond donors (Lipinski definition) is 2. The van der Waals surface area contributed by atoms with Gasteiger partial charge in [0.25, 0.3) is 0 Å². The number of benzene rings is 2. The number of carbonyl (C=O) groups excluding carboxylic acids is 1. The molecule has 1 aromatic heterocycles. The number of aromatic carboxylic acids is 1. The highest BCUT2D eigenvalue weighted by Gasteiger charge is 2.40. The van der Waals surface area contributed by atoms with Gasteiger partial charge in [-0.05, 0) is 54.6 Å². The molecule has 7 nitrogen and oxygen atoms in total. The van der Waals surface area contributed by atoms with Crippen molar-refractivity contribution in [1.29, 1.82) is 0 Å². The standard InChI is InChI=1S/C22H23FNO6PS/c1-3-11-29-22(27)14(2)24-31(28,30-17-7-5-4-6-8-17)20(23)15-9-10-18-16(12-15)13-19(32-18)21(25)26/h4-10,12-14,20H,3,11H2,1-2H3,(H,24,28)(H,25,26)/t14-,20-,31+/m0/s1. The third kappa shape index (κ3) is 5.54. The first kappa shape index (κ1) is 23.9. The fourth-order valence-electron chi connectivity index (χ4n) is 2.94. The van der Waals surface area contributed by atoms with Crippen LogP contribution >= 0.6 is 18.9 Å². The Morgan fingerprint density at radius 1 is 1.19 bits per heavy atom. The topological polar surface area (TPSA) is 102 Å². The molecular formula is C22H23FNO6PS. The first-order valence-electron chi connectivity index (χ1n) is 9.93. The van der Waals surface area contributed by atoms with E-state index < -0.39 is 31.4 Å². The summed E-state index contributed by atoms with van der Waals surface area (Å²) >= 11 is 1.06. The molecule has 1 heterocycles. The number of carboxylic acids is 1. The lowest BCUT2D eigenvalue weighted by molar-refractivity contribution is -0.145. The van der Waals surface area contributed by atoms with Gasteiger partial charge in [0.15, 0.2) is 0 Å². The zero-order chi connectivity index (χ0) is 23.3. The van der Waals surface area contributed by atoms with Crippen molar-refractivity contribution in [3.8, 4) is 5.75 Å². The van der Waals surface area contributed by atoms with Crippen LogP contribution < -0.4 is 9.61 Å². The van der Waals surface area contributed by atoms with Crippen molar-refractivity contribution in [3.05, 3.63) is 65.0 Å². The number of carboxylic acid groups (broad SMARTS) is 1. The zero-order valence-corrected chi connectivity index (χ0v) is 19.2. The highest BCUT2D eigenvalue weighted by atomic mass is 32.1. The van der Waals surface area contributed by atoms with E-state index in [0.717, 1.165) is 11.3 Å². The van der Waals surface area contributed by atoms with Gasteiger partial charge in [0.2, 0.25) is 5.91 Å². The van der Waals surface area contributed by atoms with Gasteiger partial charge in [-0.25, -0.2) is 14.3 Å². The number of rotatable bonds is 10. The number of hydrogen-bond acceptors (Lipinski definition) is 6. The van der Waals surface area contributed by atoms with Gasteiger partial charge in [0.1, 0.15) is 16.7 Å². The predicted molar refractivity (Wildman–Crippen MR) is 121 cm³/mol. The Hall–Kier alpha value is -2.74. The Morgan fingerprint density at radius 2 is 1.91 bits per heavy atom. The van der Waals surface area contributed by atoms with E-state index in [0.29, 0.717) is 16.5 Å². The number of halogens is 1. The van der Waals surface area contributed by atoms with E-state index in [9.17, 15) is 19.3 Å². The maximum atomic E-state index is 15.7. The minimum atomic E-state index is -4.32. The Kier molecular flexibility index (Phi) is 7.66. The van der Waals surface area contributed by atoms with Crippen LogP contribution in [-0.2, 0) is 14.1 Å². The van der Waals surface area contributed by atoms with E-state index >= 15 is 4.39 Å². The van der Waals surface area contributed by atoms with E-state index in [1.54, 1.807) is 24.3 Å². The van der Waals surface area contributed by atoms with Gasteiger partial charge in [-0.1, -0.05) is 31.2 Å². The SMILES string of the molecule is CCCOC(=O)[C@H](C)N[P@](=O)(Oc1ccccc1)[C@H](F)c1ccc2sc(C(=O)O)cc2c1. The van der Waals surface area contributed by atoms with Gasteiger partial charge < -0.3 is 14.4 Å². The van der Waals surface area contributed by atoms with E-state index in [1.165, 1.54) is 37.3 Å². The molecule has 170 valence electrons. The van der Waals surface area contributed by atoms with Gasteiger partial charge in [-0.3, -0.25) is 9.36 Å². The van der Waals surface area contributed by atoms with Crippen LogP contribution in [0.15, 0.2) is 54.6 Å². The second-order valence-corrected chi connectivity index (χ2v) is 10.2. The second kappa shape index (κ2) is 10.3. The average Bonchev–Trinajstić information content (AvgIpc) is 3.21. The molecule has 10 heteroatoms. The van der Waals surface area contributed by atoms with Crippen LogP contribution in [0, 0.1) is 0 Å². The predicted octanol–water partition coefficient (Wildman–Crippen LogP) is 5.77. The molecule has 3 atom stereocenters. The quantitative estimate of drug-likeness (QED) is 0.281. The summed E-state index contributed by atoms with van der Waals surface area (Å²) in [5, 5.41) is 12.2. The molecule has 0 fully saturated rings. The van der Waals surface area contributed by atoms with Gasteiger partial charge in [-0.15, -0.1) is 11.3 Å². The van der Waals surface area contributed by atoms with Crippen molar-refractivity contribution in [1.82, 2.24) is 5.09 Å². The van der Waals surface area contributed by atoms with Gasteiger partial charge >= 0.3 is 19.5 Å². The summed E-state index contributed by atoms with van der Waals surface area (Å²) in [4.78, 5) is 23.5. The number of esters is 1. The third-order valence-corrected chi connectivity index (χ3v) is 7.71. The molecule has 0 aliphatic rings. The minimum Gasteiger partial charge on any atom is -0.477 e. The summed E-state index contributed by atoms with van der Waals surface area (Å²) in [6.45, 7) is 3.45. The number of thiophene rings is 1. The van der Waals surface area contributed by atoms with Crippen LogP contribution in [0.5, 0.6) is 5.75 Å². The lowest BCUT2D eigenvalue weighted by Gasteiger charge is -2.26. The first-order valence-corrected chi connectivity index (χ1v) is 12.4. The van der Waals surface area contributed by atoms with Crippen LogP contribution in [0.25, 0.3) is 10.1 Å². The largest absolute Gasteiger partial charge is 0.477 e. The van der Waals surface area contributed by atoms with Crippen LogP contribution in [0.1, 0.15) is 41.4 Å². The maximum Gasteiger partial charge on any atom is 0.355 e. The molecule has 0 radical (unpaired) electrons. The van der Waals surface area contributed by atoms with Crippen LogP contribution in [-0.4, -0.2) is 29.7 Å². The Morgan fingerprint density at radius 3 is 2.56 bits per heavy atom. The molecule has 3 rings (SSSR count).